The van der Waals surface area contributed by atoms with E-state index >= 15 is 0 Å². The fraction of sp³-hybridized carbons (Fsp3) is 0.909. The first-order valence-electron chi connectivity index (χ1n) is 5.38. The van der Waals surface area contributed by atoms with Gasteiger partial charge in [-0.2, -0.15) is 0 Å². The van der Waals surface area contributed by atoms with Crippen molar-refractivity contribution in [2.24, 2.45) is 11.8 Å². The summed E-state index contributed by atoms with van der Waals surface area (Å²) < 4.78 is 0. The molecule has 0 spiro atoms. The molecule has 1 aliphatic carbocycles. The number of fused-ring (bicyclic) bond motifs is 1. The number of hydrogen-bond acceptors (Lipinski definition) is 2. The van der Waals surface area contributed by atoms with E-state index in [1.54, 1.807) is 0 Å². The fourth-order valence-electron chi connectivity index (χ4n) is 2.83. The average molecular weight is 181 g/mol. The second-order valence-electron chi connectivity index (χ2n) is 4.83. The molecule has 2 rings (SSSR count). The summed E-state index contributed by atoms with van der Waals surface area (Å²) in [5, 5.41) is 0. The summed E-state index contributed by atoms with van der Waals surface area (Å²) in [7, 11) is 2.21. The van der Waals surface area contributed by atoms with Gasteiger partial charge >= 0.3 is 0 Å². The molecule has 0 aromatic rings. The van der Waals surface area contributed by atoms with Gasteiger partial charge in [-0.15, -0.1) is 0 Å². The van der Waals surface area contributed by atoms with Gasteiger partial charge in [0, 0.05) is 25.4 Å². The van der Waals surface area contributed by atoms with Gasteiger partial charge in [-0.1, -0.05) is 0 Å². The molecule has 2 heteroatoms. The third-order valence-electron chi connectivity index (χ3n) is 3.87. The van der Waals surface area contributed by atoms with Crippen molar-refractivity contribution < 1.29 is 4.79 Å². The van der Waals surface area contributed by atoms with E-state index in [2.05, 4.69) is 18.9 Å². The molecule has 13 heavy (non-hydrogen) atoms. The number of carbonyl (C=O) groups excluding carboxylic acids is 1. The van der Waals surface area contributed by atoms with Gasteiger partial charge in [0.05, 0.1) is 0 Å². The predicted octanol–water partition coefficient (Wildman–Crippen LogP) is 1.70. The van der Waals surface area contributed by atoms with Gasteiger partial charge in [0.15, 0.2) is 0 Å². The monoisotopic (exact) mass is 181 g/mol. The Labute approximate surface area is 80.3 Å². The SMILES string of the molecule is C[C@@H]1C[C@H]2CC(=O)CC[C@H]2CN1C. The topological polar surface area (TPSA) is 20.3 Å². The lowest BCUT2D eigenvalue weighted by atomic mass is 9.73. The van der Waals surface area contributed by atoms with Crippen LogP contribution in [0.15, 0.2) is 0 Å². The number of nitrogens with zero attached hydrogens (tertiary/aromatic N) is 1. The number of ketones is 1. The number of rotatable bonds is 0. The molecular formula is C11H19NO. The Kier molecular flexibility index (Phi) is 2.41. The van der Waals surface area contributed by atoms with Crippen LogP contribution in [0.1, 0.15) is 32.6 Å². The summed E-state index contributed by atoms with van der Waals surface area (Å²) in [5.74, 6) is 2.00. The first-order valence-corrected chi connectivity index (χ1v) is 5.38. The van der Waals surface area contributed by atoms with Crippen molar-refractivity contribution >= 4 is 5.78 Å². The van der Waals surface area contributed by atoms with Crippen molar-refractivity contribution in [3.63, 3.8) is 0 Å². The van der Waals surface area contributed by atoms with Crippen LogP contribution in [0.25, 0.3) is 0 Å². The number of likely N-dealkylation sites (tertiary alicyclic amines) is 1. The molecule has 1 saturated heterocycles. The second-order valence-corrected chi connectivity index (χ2v) is 4.83. The van der Waals surface area contributed by atoms with Crippen molar-refractivity contribution in [1.82, 2.24) is 4.90 Å². The van der Waals surface area contributed by atoms with Crippen molar-refractivity contribution in [3.05, 3.63) is 0 Å². The Morgan fingerprint density at radius 2 is 2.15 bits per heavy atom. The lowest BCUT2D eigenvalue weighted by Crippen LogP contribution is -2.45. The van der Waals surface area contributed by atoms with Crippen molar-refractivity contribution in [2.45, 2.75) is 38.6 Å². The Morgan fingerprint density at radius 1 is 1.38 bits per heavy atom. The van der Waals surface area contributed by atoms with E-state index in [-0.39, 0.29) is 0 Å². The maximum atomic E-state index is 11.3. The number of Topliss-reactive ketones (excluding diaryl/α,β-unsaturated/α-hetero) is 1. The number of carbonyl (C=O) groups is 1. The molecule has 3 atom stereocenters. The molecule has 1 aliphatic heterocycles. The highest BCUT2D eigenvalue weighted by atomic mass is 16.1. The third kappa shape index (κ3) is 1.78. The zero-order valence-electron chi connectivity index (χ0n) is 8.62. The van der Waals surface area contributed by atoms with E-state index in [1.807, 2.05) is 0 Å². The molecule has 2 fully saturated rings. The molecule has 0 bridgehead atoms. The van der Waals surface area contributed by atoms with E-state index < -0.39 is 0 Å². The van der Waals surface area contributed by atoms with Crippen LogP contribution in [-0.4, -0.2) is 30.3 Å². The molecule has 0 aromatic carbocycles. The lowest BCUT2D eigenvalue weighted by Gasteiger charge is -2.43. The highest BCUT2D eigenvalue weighted by Crippen LogP contribution is 2.36. The summed E-state index contributed by atoms with van der Waals surface area (Å²) in [6.07, 6.45) is 4.07. The minimum atomic E-state index is 0.498. The van der Waals surface area contributed by atoms with Crippen LogP contribution in [0.2, 0.25) is 0 Å². The lowest BCUT2D eigenvalue weighted by molar-refractivity contribution is -0.124. The Bertz CT molecular complexity index is 214. The molecule has 1 saturated carbocycles. The molecule has 1 heterocycles. The highest BCUT2D eigenvalue weighted by Gasteiger charge is 2.35. The van der Waals surface area contributed by atoms with Gasteiger partial charge in [-0.25, -0.2) is 0 Å². The van der Waals surface area contributed by atoms with Crippen molar-refractivity contribution in [1.29, 1.82) is 0 Å². The van der Waals surface area contributed by atoms with E-state index in [4.69, 9.17) is 0 Å². The van der Waals surface area contributed by atoms with E-state index in [0.717, 1.165) is 25.2 Å². The smallest absolute Gasteiger partial charge is 0.133 e. The fourth-order valence-corrected chi connectivity index (χ4v) is 2.83. The highest BCUT2D eigenvalue weighted by molar-refractivity contribution is 5.79. The zero-order chi connectivity index (χ0) is 9.42. The van der Waals surface area contributed by atoms with Gasteiger partial charge in [0.1, 0.15) is 5.78 Å². The van der Waals surface area contributed by atoms with Crippen molar-refractivity contribution in [3.8, 4) is 0 Å². The van der Waals surface area contributed by atoms with Gasteiger partial charge in [0.2, 0.25) is 0 Å². The van der Waals surface area contributed by atoms with Crippen LogP contribution < -0.4 is 0 Å². The number of hydrogen-bond donors (Lipinski definition) is 0. The maximum Gasteiger partial charge on any atom is 0.133 e. The van der Waals surface area contributed by atoms with Crippen molar-refractivity contribution in [2.75, 3.05) is 13.6 Å². The minimum absolute atomic E-state index is 0.498. The zero-order valence-corrected chi connectivity index (χ0v) is 8.62. The van der Waals surface area contributed by atoms with Gasteiger partial charge < -0.3 is 4.90 Å². The maximum absolute atomic E-state index is 11.3. The molecule has 0 radical (unpaired) electrons. The van der Waals surface area contributed by atoms with Crippen LogP contribution in [0.3, 0.4) is 0 Å². The molecule has 0 aromatic heterocycles. The predicted molar refractivity (Wildman–Crippen MR) is 52.5 cm³/mol. The Morgan fingerprint density at radius 3 is 2.92 bits per heavy atom. The molecule has 2 nitrogen and oxygen atoms in total. The van der Waals surface area contributed by atoms with Crippen LogP contribution in [-0.2, 0) is 4.79 Å². The second kappa shape index (κ2) is 3.41. The Hall–Kier alpha value is -0.370. The Balaban J connectivity index is 2.02. The average Bonchev–Trinajstić information content (AvgIpc) is 2.08. The largest absolute Gasteiger partial charge is 0.303 e. The minimum Gasteiger partial charge on any atom is -0.303 e. The molecular weight excluding hydrogens is 162 g/mol. The first kappa shape index (κ1) is 9.20. The molecule has 2 aliphatic rings. The molecule has 0 N–H and O–H groups in total. The van der Waals surface area contributed by atoms with E-state index in [1.165, 1.54) is 13.0 Å². The third-order valence-corrected chi connectivity index (χ3v) is 3.87. The molecule has 0 unspecified atom stereocenters. The quantitative estimate of drug-likeness (QED) is 0.567. The summed E-state index contributed by atoms with van der Waals surface area (Å²) in [6, 6.07) is 0.673. The van der Waals surface area contributed by atoms with Gasteiger partial charge in [0.25, 0.3) is 0 Å². The van der Waals surface area contributed by atoms with Crippen LogP contribution in [0.4, 0.5) is 0 Å². The summed E-state index contributed by atoms with van der Waals surface area (Å²) >= 11 is 0. The van der Waals surface area contributed by atoms with Crippen LogP contribution >= 0.6 is 0 Å². The van der Waals surface area contributed by atoms with E-state index in [9.17, 15) is 4.79 Å². The standard InChI is InChI=1S/C11H19NO/c1-8-5-10-6-11(13)4-3-9(10)7-12(8)2/h8-10H,3-7H2,1-2H3/t8-,9+,10+/m1/s1. The van der Waals surface area contributed by atoms with Gasteiger partial charge in [-0.3, -0.25) is 4.79 Å². The van der Waals surface area contributed by atoms with E-state index in [0.29, 0.717) is 17.7 Å². The van der Waals surface area contributed by atoms with Gasteiger partial charge in [-0.05, 0) is 38.6 Å². The van der Waals surface area contributed by atoms with Crippen LogP contribution in [0.5, 0.6) is 0 Å². The molecule has 0 amide bonds. The van der Waals surface area contributed by atoms with Crippen LogP contribution in [0, 0.1) is 11.8 Å². The normalized spacial score (nSPS) is 41.7. The summed E-state index contributed by atoms with van der Waals surface area (Å²) in [5.41, 5.74) is 0. The first-order chi connectivity index (χ1) is 6.16. The summed E-state index contributed by atoms with van der Waals surface area (Å²) in [4.78, 5) is 13.7. The summed E-state index contributed by atoms with van der Waals surface area (Å²) in [6.45, 7) is 3.48. The number of piperidine rings is 1. The molecule has 74 valence electrons.